The van der Waals surface area contributed by atoms with Crippen molar-refractivity contribution in [2.75, 3.05) is 7.05 Å². The van der Waals surface area contributed by atoms with Crippen LogP contribution in [0, 0.1) is 0 Å². The van der Waals surface area contributed by atoms with Crippen molar-refractivity contribution in [3.8, 4) is 5.69 Å². The van der Waals surface area contributed by atoms with Gasteiger partial charge in [-0.1, -0.05) is 24.3 Å². The second-order valence-electron chi connectivity index (χ2n) is 7.12. The molecule has 0 bridgehead atoms. The molecule has 0 radical (unpaired) electrons. The number of nitrogens with zero attached hydrogens (tertiary/aromatic N) is 6. The average Bonchev–Trinajstić information content (AvgIpc) is 3.33. The molecule has 2 aromatic heterocycles. The molecule has 8 nitrogen and oxygen atoms in total. The maximum Gasteiger partial charge on any atom is 0.261 e. The van der Waals surface area contributed by atoms with Crippen molar-refractivity contribution in [1.82, 2.24) is 29.2 Å². The van der Waals surface area contributed by atoms with Crippen molar-refractivity contribution in [3.05, 3.63) is 83.4 Å². The molecule has 4 rings (SSSR count). The molecule has 30 heavy (non-hydrogen) atoms. The predicted octanol–water partition coefficient (Wildman–Crippen LogP) is 2.59. The number of aryl methyl sites for hydroxylation is 1. The van der Waals surface area contributed by atoms with E-state index in [1.165, 1.54) is 17.2 Å². The highest BCUT2D eigenvalue weighted by molar-refractivity contribution is 5.77. The number of benzene rings is 2. The van der Waals surface area contributed by atoms with Crippen LogP contribution in [0.2, 0.25) is 0 Å². The zero-order valence-corrected chi connectivity index (χ0v) is 16.8. The Hall–Kier alpha value is -3.81. The summed E-state index contributed by atoms with van der Waals surface area (Å²) in [6.07, 6.45) is 4.85. The van der Waals surface area contributed by atoms with Crippen molar-refractivity contribution in [2.45, 2.75) is 25.9 Å². The van der Waals surface area contributed by atoms with Gasteiger partial charge in [0.05, 0.1) is 29.0 Å². The lowest BCUT2D eigenvalue weighted by Gasteiger charge is -2.25. The molecule has 0 aliphatic heterocycles. The van der Waals surface area contributed by atoms with Gasteiger partial charge in [-0.2, -0.15) is 5.10 Å². The lowest BCUT2D eigenvalue weighted by molar-refractivity contribution is -0.132. The SMILES string of the molecule is CC(c1ccc(-n2cncn2)cc1)N(C)C(=O)CCn1cnc2ccccc2c1=O. The summed E-state index contributed by atoms with van der Waals surface area (Å²) >= 11 is 0. The van der Waals surface area contributed by atoms with Crippen molar-refractivity contribution in [3.63, 3.8) is 0 Å². The van der Waals surface area contributed by atoms with E-state index < -0.39 is 0 Å². The Morgan fingerprint density at radius 1 is 1.10 bits per heavy atom. The summed E-state index contributed by atoms with van der Waals surface area (Å²) in [6, 6.07) is 14.9. The highest BCUT2D eigenvalue weighted by atomic mass is 16.2. The molecule has 4 aromatic rings. The van der Waals surface area contributed by atoms with Gasteiger partial charge in [-0.3, -0.25) is 14.2 Å². The molecule has 8 heteroatoms. The molecule has 2 heterocycles. The van der Waals surface area contributed by atoms with E-state index in [0.717, 1.165) is 11.3 Å². The van der Waals surface area contributed by atoms with Crippen molar-refractivity contribution < 1.29 is 4.79 Å². The Kier molecular flexibility index (Phi) is 5.38. The molecule has 152 valence electrons. The molecular formula is C22H22N6O2. The zero-order chi connectivity index (χ0) is 21.1. The first-order valence-electron chi connectivity index (χ1n) is 9.69. The Labute approximate surface area is 173 Å². The number of carbonyl (C=O) groups excluding carboxylic acids is 1. The van der Waals surface area contributed by atoms with E-state index in [9.17, 15) is 9.59 Å². The van der Waals surface area contributed by atoms with E-state index in [-0.39, 0.29) is 30.5 Å². The minimum Gasteiger partial charge on any atom is -0.339 e. The molecule has 1 atom stereocenters. The van der Waals surface area contributed by atoms with E-state index >= 15 is 0 Å². The van der Waals surface area contributed by atoms with Crippen LogP contribution in [0.1, 0.15) is 24.9 Å². The first-order chi connectivity index (χ1) is 14.5. The second kappa shape index (κ2) is 8.28. The van der Waals surface area contributed by atoms with Gasteiger partial charge in [0.15, 0.2) is 0 Å². The fraction of sp³-hybridized carbons (Fsp3) is 0.227. The van der Waals surface area contributed by atoms with Gasteiger partial charge in [0.25, 0.3) is 5.56 Å². The van der Waals surface area contributed by atoms with Gasteiger partial charge in [0.2, 0.25) is 5.91 Å². The Morgan fingerprint density at radius 2 is 1.87 bits per heavy atom. The number of hydrogen-bond acceptors (Lipinski definition) is 5. The van der Waals surface area contributed by atoms with Crippen LogP contribution in [0.15, 0.2) is 72.3 Å². The summed E-state index contributed by atoms with van der Waals surface area (Å²) in [5.41, 5.74) is 2.44. The third kappa shape index (κ3) is 3.84. The molecule has 1 unspecified atom stereocenters. The Balaban J connectivity index is 1.42. The largest absolute Gasteiger partial charge is 0.339 e. The minimum absolute atomic E-state index is 0.0390. The number of rotatable bonds is 6. The quantitative estimate of drug-likeness (QED) is 0.495. The molecular weight excluding hydrogens is 380 g/mol. The number of amides is 1. The number of hydrogen-bond donors (Lipinski definition) is 0. The normalized spacial score (nSPS) is 12.1. The summed E-state index contributed by atoms with van der Waals surface area (Å²) in [5, 5.41) is 4.67. The maximum absolute atomic E-state index is 12.7. The van der Waals surface area contributed by atoms with Gasteiger partial charge in [-0.05, 0) is 36.8 Å². The van der Waals surface area contributed by atoms with E-state index in [1.54, 1.807) is 35.1 Å². The van der Waals surface area contributed by atoms with E-state index in [0.29, 0.717) is 10.9 Å². The Morgan fingerprint density at radius 3 is 2.60 bits per heavy atom. The number of carbonyl (C=O) groups is 1. The third-order valence-electron chi connectivity index (χ3n) is 5.33. The summed E-state index contributed by atoms with van der Waals surface area (Å²) in [7, 11) is 1.78. The van der Waals surface area contributed by atoms with Crippen molar-refractivity contribution in [2.24, 2.45) is 0 Å². The number of para-hydroxylation sites is 1. The summed E-state index contributed by atoms with van der Waals surface area (Å²) in [6.45, 7) is 2.27. The number of aromatic nitrogens is 5. The van der Waals surface area contributed by atoms with Crippen LogP contribution in [0.3, 0.4) is 0 Å². The van der Waals surface area contributed by atoms with Gasteiger partial charge < -0.3 is 4.90 Å². The first kappa shape index (κ1) is 19.5. The van der Waals surface area contributed by atoms with E-state index in [4.69, 9.17) is 0 Å². The molecule has 2 aromatic carbocycles. The van der Waals surface area contributed by atoms with Gasteiger partial charge in [0.1, 0.15) is 12.7 Å². The van der Waals surface area contributed by atoms with Crippen LogP contribution in [0.5, 0.6) is 0 Å². The lowest BCUT2D eigenvalue weighted by Crippen LogP contribution is -2.31. The standard InChI is InChI=1S/C22H22N6O2/c1-16(17-7-9-18(10-8-17)28-14-23-13-25-28)26(2)21(29)11-12-27-15-24-20-6-4-3-5-19(20)22(27)30/h3-10,13-16H,11-12H2,1-2H3. The highest BCUT2D eigenvalue weighted by Gasteiger charge is 2.18. The highest BCUT2D eigenvalue weighted by Crippen LogP contribution is 2.21. The smallest absolute Gasteiger partial charge is 0.261 e. The van der Waals surface area contributed by atoms with Crippen LogP contribution < -0.4 is 5.56 Å². The molecule has 0 saturated carbocycles. The zero-order valence-electron chi connectivity index (χ0n) is 16.8. The molecule has 0 spiro atoms. The Bertz CT molecular complexity index is 1210. The first-order valence-corrected chi connectivity index (χ1v) is 9.69. The van der Waals surface area contributed by atoms with E-state index in [2.05, 4.69) is 15.1 Å². The monoisotopic (exact) mass is 402 g/mol. The molecule has 0 saturated heterocycles. The van der Waals surface area contributed by atoms with Crippen LogP contribution in [-0.2, 0) is 11.3 Å². The molecule has 0 fully saturated rings. The maximum atomic E-state index is 12.7. The van der Waals surface area contributed by atoms with Crippen molar-refractivity contribution >= 4 is 16.8 Å². The molecule has 0 aliphatic carbocycles. The average molecular weight is 402 g/mol. The van der Waals surface area contributed by atoms with Crippen molar-refractivity contribution in [1.29, 1.82) is 0 Å². The molecule has 0 aliphatic rings. The topological polar surface area (TPSA) is 85.9 Å². The van der Waals surface area contributed by atoms with Gasteiger partial charge in [0, 0.05) is 20.0 Å². The van der Waals surface area contributed by atoms with Crippen LogP contribution in [0.25, 0.3) is 16.6 Å². The lowest BCUT2D eigenvalue weighted by atomic mass is 10.1. The second-order valence-corrected chi connectivity index (χ2v) is 7.12. The van der Waals surface area contributed by atoms with Gasteiger partial charge >= 0.3 is 0 Å². The van der Waals surface area contributed by atoms with Crippen LogP contribution >= 0.6 is 0 Å². The molecule has 1 amide bonds. The fourth-order valence-electron chi connectivity index (χ4n) is 3.34. The predicted molar refractivity (Wildman–Crippen MR) is 113 cm³/mol. The van der Waals surface area contributed by atoms with E-state index in [1.807, 2.05) is 43.3 Å². The summed E-state index contributed by atoms with van der Waals surface area (Å²) in [5.74, 6) is -0.0390. The number of fused-ring (bicyclic) bond motifs is 1. The summed E-state index contributed by atoms with van der Waals surface area (Å²) in [4.78, 5) is 35.3. The molecule has 0 N–H and O–H groups in total. The minimum atomic E-state index is -0.132. The summed E-state index contributed by atoms with van der Waals surface area (Å²) < 4.78 is 3.17. The van der Waals surface area contributed by atoms with Crippen LogP contribution in [-0.4, -0.2) is 42.2 Å². The third-order valence-corrected chi connectivity index (χ3v) is 5.33. The van der Waals surface area contributed by atoms with Gasteiger partial charge in [-0.25, -0.2) is 14.6 Å². The van der Waals surface area contributed by atoms with Crippen LogP contribution in [0.4, 0.5) is 0 Å². The fourth-order valence-corrected chi connectivity index (χ4v) is 3.34. The van der Waals surface area contributed by atoms with Gasteiger partial charge in [-0.15, -0.1) is 0 Å².